The molecule has 0 unspecified atom stereocenters. The van der Waals surface area contributed by atoms with Crippen LogP contribution in [0.15, 0.2) is 156 Å². The van der Waals surface area contributed by atoms with E-state index in [-0.39, 0.29) is 0 Å². The molecule has 0 saturated carbocycles. The Kier molecular flexibility index (Phi) is 5.19. The summed E-state index contributed by atoms with van der Waals surface area (Å²) >= 11 is 1.89. The Morgan fingerprint density at radius 1 is 0.444 bits per heavy atom. The van der Waals surface area contributed by atoms with Gasteiger partial charge in [0.25, 0.3) is 0 Å². The molecule has 2 nitrogen and oxygen atoms in total. The SMILES string of the molecule is c1ccc(-c2ccc(-n3c4ccccc4c4ccc5c6ccccc6sc5c43)cc2-c2ccc3c(c2)oc2ccccc23)cc1. The molecule has 0 spiro atoms. The van der Waals surface area contributed by atoms with Crippen molar-refractivity contribution in [3.05, 3.63) is 152 Å². The molecule has 3 heteroatoms. The van der Waals surface area contributed by atoms with Gasteiger partial charge in [-0.1, -0.05) is 109 Å². The molecule has 0 fully saturated rings. The quantitative estimate of drug-likeness (QED) is 0.200. The summed E-state index contributed by atoms with van der Waals surface area (Å²) in [5.41, 5.74) is 10.1. The number of aromatic nitrogens is 1. The van der Waals surface area contributed by atoms with Crippen molar-refractivity contribution >= 4 is 75.3 Å². The Balaban J connectivity index is 1.29. The molecule has 0 aliphatic carbocycles. The van der Waals surface area contributed by atoms with Gasteiger partial charge in [0.15, 0.2) is 0 Å². The molecule has 3 heterocycles. The topological polar surface area (TPSA) is 18.1 Å². The van der Waals surface area contributed by atoms with E-state index in [9.17, 15) is 0 Å². The molecule has 7 aromatic carbocycles. The first-order chi connectivity index (χ1) is 22.3. The second kappa shape index (κ2) is 9.43. The maximum absolute atomic E-state index is 6.35. The van der Waals surface area contributed by atoms with E-state index in [0.717, 1.165) is 33.2 Å². The lowest BCUT2D eigenvalue weighted by atomic mass is 9.93. The highest BCUT2D eigenvalue weighted by Gasteiger charge is 2.19. The molecule has 0 atom stereocenters. The zero-order valence-corrected chi connectivity index (χ0v) is 25.0. The molecule has 10 rings (SSSR count). The van der Waals surface area contributed by atoms with E-state index in [4.69, 9.17) is 4.42 Å². The first kappa shape index (κ1) is 24.8. The fourth-order valence-electron chi connectivity index (χ4n) is 7.17. The highest BCUT2D eigenvalue weighted by Crippen LogP contribution is 2.44. The highest BCUT2D eigenvalue weighted by molar-refractivity contribution is 7.26. The summed E-state index contributed by atoms with van der Waals surface area (Å²) in [6.45, 7) is 0. The lowest BCUT2D eigenvalue weighted by molar-refractivity contribution is 0.669. The number of benzene rings is 7. The fourth-order valence-corrected chi connectivity index (χ4v) is 8.41. The Bertz CT molecular complexity index is 2760. The summed E-state index contributed by atoms with van der Waals surface area (Å²) in [7, 11) is 0. The smallest absolute Gasteiger partial charge is 0.136 e. The third-order valence-corrected chi connectivity index (χ3v) is 10.4. The molecular weight excluding hydrogens is 567 g/mol. The van der Waals surface area contributed by atoms with Crippen molar-refractivity contribution in [1.82, 2.24) is 4.57 Å². The van der Waals surface area contributed by atoms with Gasteiger partial charge in [-0.3, -0.25) is 0 Å². The van der Waals surface area contributed by atoms with Crippen molar-refractivity contribution in [3.63, 3.8) is 0 Å². The van der Waals surface area contributed by atoms with E-state index < -0.39 is 0 Å². The van der Waals surface area contributed by atoms with Crippen LogP contribution in [0.1, 0.15) is 0 Å². The minimum absolute atomic E-state index is 0.905. The van der Waals surface area contributed by atoms with Gasteiger partial charge in [-0.2, -0.15) is 0 Å². The van der Waals surface area contributed by atoms with E-state index in [1.165, 1.54) is 58.7 Å². The van der Waals surface area contributed by atoms with Gasteiger partial charge in [0.2, 0.25) is 0 Å². The van der Waals surface area contributed by atoms with Crippen LogP contribution in [0.25, 0.3) is 91.9 Å². The summed E-state index contributed by atoms with van der Waals surface area (Å²) in [6.07, 6.45) is 0. The number of hydrogen-bond donors (Lipinski definition) is 0. The van der Waals surface area contributed by atoms with Crippen LogP contribution in [0.2, 0.25) is 0 Å². The Morgan fingerprint density at radius 2 is 1.16 bits per heavy atom. The van der Waals surface area contributed by atoms with E-state index in [2.05, 4.69) is 144 Å². The van der Waals surface area contributed by atoms with Crippen molar-refractivity contribution in [2.75, 3.05) is 0 Å². The summed E-state index contributed by atoms with van der Waals surface area (Å²) in [5.74, 6) is 0. The number of furan rings is 1. The second-order valence-corrected chi connectivity index (χ2v) is 12.7. The number of nitrogens with zero attached hydrogens (tertiary/aromatic N) is 1. The molecule has 0 saturated heterocycles. The van der Waals surface area contributed by atoms with Crippen molar-refractivity contribution in [2.45, 2.75) is 0 Å². The molecule has 45 heavy (non-hydrogen) atoms. The van der Waals surface area contributed by atoms with Crippen LogP contribution in [0.5, 0.6) is 0 Å². The molecule has 210 valence electrons. The van der Waals surface area contributed by atoms with E-state index in [1.54, 1.807) is 0 Å². The number of thiophene rings is 1. The summed E-state index contributed by atoms with van der Waals surface area (Å²) in [5, 5.41) is 7.46. The minimum atomic E-state index is 0.905. The first-order valence-corrected chi connectivity index (χ1v) is 16.1. The van der Waals surface area contributed by atoms with Crippen LogP contribution in [-0.4, -0.2) is 4.57 Å². The third-order valence-electron chi connectivity index (χ3n) is 9.22. The number of fused-ring (bicyclic) bond motifs is 10. The maximum Gasteiger partial charge on any atom is 0.136 e. The van der Waals surface area contributed by atoms with Crippen LogP contribution < -0.4 is 0 Å². The van der Waals surface area contributed by atoms with Crippen molar-refractivity contribution in [3.8, 4) is 27.9 Å². The van der Waals surface area contributed by atoms with Crippen LogP contribution in [0.4, 0.5) is 0 Å². The normalized spacial score (nSPS) is 12.0. The Morgan fingerprint density at radius 3 is 2.07 bits per heavy atom. The first-order valence-electron chi connectivity index (χ1n) is 15.3. The van der Waals surface area contributed by atoms with E-state index >= 15 is 0 Å². The predicted octanol–water partition coefficient (Wildman–Crippen LogP) is 12.4. The Labute approximate surface area is 263 Å². The third kappa shape index (κ3) is 3.62. The summed E-state index contributed by atoms with van der Waals surface area (Å²) in [6, 6.07) is 54.7. The monoisotopic (exact) mass is 591 g/mol. The van der Waals surface area contributed by atoms with Gasteiger partial charge >= 0.3 is 0 Å². The maximum atomic E-state index is 6.35. The lowest BCUT2D eigenvalue weighted by Crippen LogP contribution is -1.96. The number of hydrogen-bond acceptors (Lipinski definition) is 2. The van der Waals surface area contributed by atoms with Gasteiger partial charge in [0, 0.05) is 42.7 Å². The zero-order chi connectivity index (χ0) is 29.5. The molecule has 0 radical (unpaired) electrons. The van der Waals surface area contributed by atoms with Crippen LogP contribution in [0.3, 0.4) is 0 Å². The van der Waals surface area contributed by atoms with Gasteiger partial charge in [0.05, 0.1) is 15.7 Å². The second-order valence-electron chi connectivity index (χ2n) is 11.7. The van der Waals surface area contributed by atoms with Gasteiger partial charge in [0.1, 0.15) is 11.2 Å². The van der Waals surface area contributed by atoms with E-state index in [0.29, 0.717) is 0 Å². The summed E-state index contributed by atoms with van der Waals surface area (Å²) < 4.78 is 11.5. The molecular formula is C42H25NOS. The zero-order valence-electron chi connectivity index (χ0n) is 24.2. The van der Waals surface area contributed by atoms with Gasteiger partial charge in [-0.05, 0) is 64.7 Å². The predicted molar refractivity (Wildman–Crippen MR) is 192 cm³/mol. The van der Waals surface area contributed by atoms with Gasteiger partial charge < -0.3 is 8.98 Å². The van der Waals surface area contributed by atoms with Crippen molar-refractivity contribution < 1.29 is 4.42 Å². The van der Waals surface area contributed by atoms with Crippen LogP contribution in [0, 0.1) is 0 Å². The molecule has 10 aromatic rings. The Hall–Kier alpha value is -5.64. The molecule has 0 bridgehead atoms. The number of para-hydroxylation sites is 2. The fraction of sp³-hybridized carbons (Fsp3) is 0. The molecule has 3 aromatic heterocycles. The molecule has 0 aliphatic rings. The van der Waals surface area contributed by atoms with E-state index in [1.807, 2.05) is 23.5 Å². The molecule has 0 amide bonds. The van der Waals surface area contributed by atoms with Gasteiger partial charge in [-0.25, -0.2) is 0 Å². The minimum Gasteiger partial charge on any atom is -0.456 e. The lowest BCUT2D eigenvalue weighted by Gasteiger charge is -2.15. The van der Waals surface area contributed by atoms with Crippen LogP contribution >= 0.6 is 11.3 Å². The average molecular weight is 592 g/mol. The standard InChI is InChI=1S/C42H25NOS/c1-2-10-26(11-3-1)29-21-19-28(25-36(29)27-18-20-32-31-13-5-8-16-38(31)44-39(32)24-27)43-37-15-7-4-12-30(37)34-22-23-35-33-14-6-9-17-40(33)45-42(35)41(34)43/h1-25H. The average Bonchev–Trinajstić information content (AvgIpc) is 3.77. The largest absolute Gasteiger partial charge is 0.456 e. The number of rotatable bonds is 3. The van der Waals surface area contributed by atoms with Crippen molar-refractivity contribution in [1.29, 1.82) is 0 Å². The molecule has 0 N–H and O–H groups in total. The van der Waals surface area contributed by atoms with Crippen molar-refractivity contribution in [2.24, 2.45) is 0 Å². The summed E-state index contributed by atoms with van der Waals surface area (Å²) in [4.78, 5) is 0. The van der Waals surface area contributed by atoms with Gasteiger partial charge in [-0.15, -0.1) is 11.3 Å². The van der Waals surface area contributed by atoms with Crippen LogP contribution in [-0.2, 0) is 0 Å². The molecule has 0 aliphatic heterocycles. The highest BCUT2D eigenvalue weighted by atomic mass is 32.1.